The summed E-state index contributed by atoms with van der Waals surface area (Å²) in [5.74, 6) is 0.936. The fraction of sp³-hybridized carbons (Fsp3) is 0.167. The molecule has 0 spiro atoms. The summed E-state index contributed by atoms with van der Waals surface area (Å²) < 4.78 is 6.10. The average molecular weight is 434 g/mol. The number of carbonyl (C=O) groups excluding carboxylic acids is 1. The lowest BCUT2D eigenvalue weighted by atomic mass is 9.95. The van der Waals surface area contributed by atoms with E-state index in [1.54, 1.807) is 0 Å². The lowest BCUT2D eigenvalue weighted by Gasteiger charge is -2.11. The number of hydrogen-bond donors (Lipinski definition) is 1. The molecule has 0 saturated carbocycles. The number of benzene rings is 4. The number of nitrogens with one attached hydrogen (secondary N) is 1. The van der Waals surface area contributed by atoms with E-state index in [2.05, 4.69) is 61.6 Å². The predicted molar refractivity (Wildman–Crippen MR) is 133 cm³/mol. The number of hydrogen-bond acceptors (Lipinski definition) is 3. The van der Waals surface area contributed by atoms with Gasteiger partial charge in [0.25, 0.3) is 0 Å². The molecule has 0 aliphatic carbocycles. The number of ketones is 1. The molecule has 164 valence electrons. The minimum Gasteiger partial charge on any atom is -0.464 e. The van der Waals surface area contributed by atoms with E-state index in [4.69, 9.17) is 4.74 Å². The van der Waals surface area contributed by atoms with Crippen LogP contribution in [0.3, 0.4) is 0 Å². The molecule has 5 rings (SSSR count). The molecule has 0 amide bonds. The van der Waals surface area contributed by atoms with Crippen molar-refractivity contribution in [3.05, 3.63) is 129 Å². The summed E-state index contributed by atoms with van der Waals surface area (Å²) in [7, 11) is 0. The molecule has 3 heteroatoms. The predicted octanol–water partition coefficient (Wildman–Crippen LogP) is 6.94. The van der Waals surface area contributed by atoms with Crippen LogP contribution in [0.15, 0.2) is 84.9 Å². The van der Waals surface area contributed by atoms with Gasteiger partial charge in [-0.3, -0.25) is 4.79 Å². The first-order chi connectivity index (χ1) is 16.0. The molecule has 1 unspecified atom stereocenters. The normalized spacial score (nSPS) is 14.3. The highest BCUT2D eigenvalue weighted by Crippen LogP contribution is 2.38. The highest BCUT2D eigenvalue weighted by atomic mass is 16.5. The quantitative estimate of drug-likeness (QED) is 0.347. The zero-order valence-electron chi connectivity index (χ0n) is 19.2. The Labute approximate surface area is 195 Å². The maximum Gasteiger partial charge on any atom is 0.196 e. The number of rotatable bonds is 5. The van der Waals surface area contributed by atoms with Gasteiger partial charge < -0.3 is 10.1 Å². The van der Waals surface area contributed by atoms with Crippen molar-refractivity contribution >= 4 is 11.5 Å². The summed E-state index contributed by atoms with van der Waals surface area (Å²) >= 11 is 0. The van der Waals surface area contributed by atoms with Gasteiger partial charge in [-0.25, -0.2) is 0 Å². The molecule has 4 aromatic carbocycles. The molecular weight excluding hydrogens is 406 g/mol. The third-order valence-corrected chi connectivity index (χ3v) is 6.27. The Morgan fingerprint density at radius 3 is 2.15 bits per heavy atom. The Bertz CT molecular complexity index is 1320. The minimum atomic E-state index is -0.162. The van der Waals surface area contributed by atoms with E-state index < -0.39 is 0 Å². The molecule has 4 aromatic rings. The van der Waals surface area contributed by atoms with E-state index in [0.717, 1.165) is 45.7 Å². The Morgan fingerprint density at radius 1 is 0.788 bits per heavy atom. The van der Waals surface area contributed by atoms with Crippen LogP contribution in [0, 0.1) is 20.8 Å². The molecule has 0 saturated heterocycles. The number of aryl methyl sites for hydroxylation is 3. The van der Waals surface area contributed by atoms with Gasteiger partial charge in [-0.05, 0) is 62.1 Å². The summed E-state index contributed by atoms with van der Waals surface area (Å²) in [6.07, 6.45) is 0.638. The lowest BCUT2D eigenvalue weighted by Crippen LogP contribution is -2.09. The van der Waals surface area contributed by atoms with E-state index in [9.17, 15) is 4.79 Å². The molecule has 1 heterocycles. The Morgan fingerprint density at radius 2 is 1.45 bits per heavy atom. The van der Waals surface area contributed by atoms with Crippen molar-refractivity contribution in [3.8, 4) is 5.75 Å². The summed E-state index contributed by atoms with van der Waals surface area (Å²) in [6, 6.07) is 28.5. The lowest BCUT2D eigenvalue weighted by molar-refractivity contribution is 0.103. The Hall–Kier alpha value is -3.85. The Kier molecular flexibility index (Phi) is 5.47. The molecule has 3 nitrogen and oxygen atoms in total. The van der Waals surface area contributed by atoms with Gasteiger partial charge in [0.05, 0.1) is 5.69 Å². The second-order valence-electron chi connectivity index (χ2n) is 8.90. The SMILES string of the molecule is Cc1ccc(C(=O)c2ccc(Cc3ccc4c(c3)NC(c3ccc(C)cc3)O4)c(C)c2)cc1. The topological polar surface area (TPSA) is 38.3 Å². The fourth-order valence-corrected chi connectivity index (χ4v) is 4.22. The van der Waals surface area contributed by atoms with Gasteiger partial charge in [0.2, 0.25) is 0 Å². The number of fused-ring (bicyclic) bond motifs is 1. The van der Waals surface area contributed by atoms with E-state index in [-0.39, 0.29) is 12.0 Å². The van der Waals surface area contributed by atoms with E-state index >= 15 is 0 Å². The van der Waals surface area contributed by atoms with Crippen LogP contribution in [-0.2, 0) is 6.42 Å². The van der Waals surface area contributed by atoms with Crippen molar-refractivity contribution in [2.45, 2.75) is 33.4 Å². The standard InChI is InChI=1S/C30H27NO2/c1-19-4-9-23(10-5-19)29(32)26-14-13-25(21(3)16-26)17-22-8-15-28-27(18-22)31-30(33-28)24-11-6-20(2)7-12-24/h4-16,18,30-31H,17H2,1-3H3. The molecule has 0 fully saturated rings. The minimum absolute atomic E-state index is 0.0608. The summed E-state index contributed by atoms with van der Waals surface area (Å²) in [4.78, 5) is 12.9. The number of anilines is 1. The van der Waals surface area contributed by atoms with E-state index in [1.807, 2.05) is 49.4 Å². The summed E-state index contributed by atoms with van der Waals surface area (Å²) in [6.45, 7) is 6.18. The van der Waals surface area contributed by atoms with Crippen molar-refractivity contribution in [3.63, 3.8) is 0 Å². The maximum atomic E-state index is 12.9. The van der Waals surface area contributed by atoms with Gasteiger partial charge in [0.1, 0.15) is 5.75 Å². The van der Waals surface area contributed by atoms with Crippen LogP contribution in [0.4, 0.5) is 5.69 Å². The van der Waals surface area contributed by atoms with Gasteiger partial charge >= 0.3 is 0 Å². The number of carbonyl (C=O) groups is 1. The Balaban J connectivity index is 1.31. The molecule has 1 aliphatic heterocycles. The molecule has 0 radical (unpaired) electrons. The highest BCUT2D eigenvalue weighted by molar-refractivity contribution is 6.09. The highest BCUT2D eigenvalue weighted by Gasteiger charge is 2.23. The fourth-order valence-electron chi connectivity index (χ4n) is 4.22. The van der Waals surface area contributed by atoms with Crippen LogP contribution in [0.1, 0.15) is 55.5 Å². The van der Waals surface area contributed by atoms with Crippen molar-refractivity contribution in [1.82, 2.24) is 0 Å². The molecule has 33 heavy (non-hydrogen) atoms. The van der Waals surface area contributed by atoms with Gasteiger partial charge in [0, 0.05) is 16.7 Å². The molecule has 1 atom stereocenters. The van der Waals surface area contributed by atoms with Crippen LogP contribution in [0.25, 0.3) is 0 Å². The maximum absolute atomic E-state index is 12.9. The average Bonchev–Trinajstić information content (AvgIpc) is 3.24. The largest absolute Gasteiger partial charge is 0.464 e. The molecule has 0 aromatic heterocycles. The van der Waals surface area contributed by atoms with Crippen LogP contribution in [0.5, 0.6) is 5.75 Å². The van der Waals surface area contributed by atoms with Crippen LogP contribution >= 0.6 is 0 Å². The molecule has 1 aliphatic rings. The first-order valence-corrected chi connectivity index (χ1v) is 11.3. The third-order valence-electron chi connectivity index (χ3n) is 6.27. The van der Waals surface area contributed by atoms with Gasteiger partial charge in [-0.2, -0.15) is 0 Å². The van der Waals surface area contributed by atoms with Gasteiger partial charge in [0.15, 0.2) is 12.0 Å². The zero-order valence-corrected chi connectivity index (χ0v) is 19.2. The first-order valence-electron chi connectivity index (χ1n) is 11.3. The number of ether oxygens (including phenoxy) is 1. The molecule has 0 bridgehead atoms. The molecular formula is C30H27NO2. The van der Waals surface area contributed by atoms with Crippen molar-refractivity contribution < 1.29 is 9.53 Å². The van der Waals surface area contributed by atoms with Crippen molar-refractivity contribution in [1.29, 1.82) is 0 Å². The summed E-state index contributed by atoms with van der Waals surface area (Å²) in [5, 5.41) is 3.49. The van der Waals surface area contributed by atoms with Gasteiger partial charge in [-0.1, -0.05) is 77.9 Å². The third kappa shape index (κ3) is 4.40. The second kappa shape index (κ2) is 8.59. The van der Waals surface area contributed by atoms with E-state index in [0.29, 0.717) is 0 Å². The van der Waals surface area contributed by atoms with Crippen molar-refractivity contribution in [2.24, 2.45) is 0 Å². The zero-order chi connectivity index (χ0) is 22.9. The smallest absolute Gasteiger partial charge is 0.196 e. The van der Waals surface area contributed by atoms with Crippen LogP contribution < -0.4 is 10.1 Å². The first kappa shape index (κ1) is 21.0. The van der Waals surface area contributed by atoms with Crippen LogP contribution in [-0.4, -0.2) is 5.78 Å². The second-order valence-corrected chi connectivity index (χ2v) is 8.90. The van der Waals surface area contributed by atoms with E-state index in [1.165, 1.54) is 16.7 Å². The van der Waals surface area contributed by atoms with Crippen molar-refractivity contribution in [2.75, 3.05) is 5.32 Å². The monoisotopic (exact) mass is 433 g/mol. The molecule has 1 N–H and O–H groups in total. The van der Waals surface area contributed by atoms with Gasteiger partial charge in [-0.15, -0.1) is 0 Å². The summed E-state index contributed by atoms with van der Waals surface area (Å²) in [5.41, 5.74) is 9.50. The van der Waals surface area contributed by atoms with Crippen LogP contribution in [0.2, 0.25) is 0 Å².